The molecule has 0 aromatic heterocycles. The maximum atomic E-state index is 10.6. The second-order valence-corrected chi connectivity index (χ2v) is 3.91. The number of hydrogen-bond acceptors (Lipinski definition) is 4. The topological polar surface area (TPSA) is 81.2 Å². The maximum Gasteiger partial charge on any atom is 0.272 e. The van der Waals surface area contributed by atoms with E-state index >= 15 is 0 Å². The van der Waals surface area contributed by atoms with Gasteiger partial charge in [-0.3, -0.25) is 10.1 Å². The van der Waals surface area contributed by atoms with E-state index < -0.39 is 0 Å². The molecule has 1 saturated carbocycles. The summed E-state index contributed by atoms with van der Waals surface area (Å²) in [6.07, 6.45) is 0.968. The Kier molecular flexibility index (Phi) is 2.32. The molecule has 15 heavy (non-hydrogen) atoms. The van der Waals surface area contributed by atoms with Crippen molar-refractivity contribution >= 4 is 11.4 Å². The van der Waals surface area contributed by atoms with Crippen LogP contribution in [-0.4, -0.2) is 17.0 Å². The highest BCUT2D eigenvalue weighted by Gasteiger charge is 2.33. The van der Waals surface area contributed by atoms with E-state index in [4.69, 9.17) is 5.73 Å². The Morgan fingerprint density at radius 1 is 1.60 bits per heavy atom. The molecule has 1 aromatic rings. The fraction of sp³-hybridized carbons (Fsp3) is 0.400. The van der Waals surface area contributed by atoms with Crippen LogP contribution in [0.1, 0.15) is 12.0 Å². The van der Waals surface area contributed by atoms with Gasteiger partial charge in [0.05, 0.1) is 4.92 Å². The normalized spacial score (nSPS) is 23.6. The molecule has 2 unspecified atom stereocenters. The summed E-state index contributed by atoms with van der Waals surface area (Å²) >= 11 is 0. The molecular formula is C10H13N3O2. The van der Waals surface area contributed by atoms with Gasteiger partial charge < -0.3 is 11.1 Å². The second-order valence-electron chi connectivity index (χ2n) is 3.91. The van der Waals surface area contributed by atoms with E-state index in [-0.39, 0.29) is 16.7 Å². The van der Waals surface area contributed by atoms with Crippen molar-refractivity contribution in [2.75, 3.05) is 5.32 Å². The van der Waals surface area contributed by atoms with Gasteiger partial charge in [-0.1, -0.05) is 0 Å². The van der Waals surface area contributed by atoms with Crippen molar-refractivity contribution in [3.05, 3.63) is 33.9 Å². The molecule has 0 radical (unpaired) electrons. The molecule has 5 nitrogen and oxygen atoms in total. The van der Waals surface area contributed by atoms with Crippen molar-refractivity contribution in [1.29, 1.82) is 0 Å². The molecule has 1 aromatic carbocycles. The third kappa shape index (κ3) is 2.07. The monoisotopic (exact) mass is 207 g/mol. The fourth-order valence-electron chi connectivity index (χ4n) is 1.54. The molecule has 80 valence electrons. The molecule has 0 saturated heterocycles. The molecule has 0 spiro atoms. The SMILES string of the molecule is Cc1cc(NC2CC2N)ccc1[N+](=O)[O-]. The lowest BCUT2D eigenvalue weighted by atomic mass is 10.2. The smallest absolute Gasteiger partial charge is 0.272 e. The van der Waals surface area contributed by atoms with Crippen LogP contribution in [0, 0.1) is 17.0 Å². The summed E-state index contributed by atoms with van der Waals surface area (Å²) in [6.45, 7) is 1.73. The number of hydrogen-bond donors (Lipinski definition) is 2. The average Bonchev–Trinajstić information content (AvgIpc) is 2.81. The lowest BCUT2D eigenvalue weighted by molar-refractivity contribution is -0.385. The Balaban J connectivity index is 2.14. The average molecular weight is 207 g/mol. The van der Waals surface area contributed by atoms with Gasteiger partial charge in [-0.25, -0.2) is 0 Å². The van der Waals surface area contributed by atoms with E-state index in [2.05, 4.69) is 5.32 Å². The first-order valence-corrected chi connectivity index (χ1v) is 4.85. The zero-order chi connectivity index (χ0) is 11.0. The number of nitrogens with two attached hydrogens (primary N) is 1. The summed E-state index contributed by atoms with van der Waals surface area (Å²) in [4.78, 5) is 10.2. The highest BCUT2D eigenvalue weighted by atomic mass is 16.6. The molecular weight excluding hydrogens is 194 g/mol. The van der Waals surface area contributed by atoms with Crippen molar-refractivity contribution in [3.8, 4) is 0 Å². The number of anilines is 1. The van der Waals surface area contributed by atoms with E-state index in [1.165, 1.54) is 6.07 Å². The van der Waals surface area contributed by atoms with Crippen molar-refractivity contribution in [1.82, 2.24) is 0 Å². The minimum atomic E-state index is -0.373. The van der Waals surface area contributed by atoms with Crippen LogP contribution in [-0.2, 0) is 0 Å². The number of nitro groups is 1. The summed E-state index contributed by atoms with van der Waals surface area (Å²) in [7, 11) is 0. The van der Waals surface area contributed by atoms with E-state index in [1.807, 2.05) is 0 Å². The minimum Gasteiger partial charge on any atom is -0.381 e. The van der Waals surface area contributed by atoms with Crippen LogP contribution in [0.5, 0.6) is 0 Å². The Hall–Kier alpha value is -1.62. The molecule has 2 rings (SSSR count). The van der Waals surface area contributed by atoms with E-state index in [1.54, 1.807) is 19.1 Å². The number of benzene rings is 1. The summed E-state index contributed by atoms with van der Waals surface area (Å²) in [6, 6.07) is 5.57. The Labute approximate surface area is 87.4 Å². The van der Waals surface area contributed by atoms with Gasteiger partial charge in [0.2, 0.25) is 0 Å². The van der Waals surface area contributed by atoms with Crippen LogP contribution in [0.15, 0.2) is 18.2 Å². The zero-order valence-electron chi connectivity index (χ0n) is 8.43. The van der Waals surface area contributed by atoms with Gasteiger partial charge in [0.25, 0.3) is 5.69 Å². The second kappa shape index (κ2) is 3.51. The molecule has 5 heteroatoms. The van der Waals surface area contributed by atoms with Gasteiger partial charge in [-0.15, -0.1) is 0 Å². The van der Waals surface area contributed by atoms with Crippen LogP contribution >= 0.6 is 0 Å². The molecule has 1 aliphatic carbocycles. The standard InChI is InChI=1S/C10H13N3O2/c1-6-4-7(12-9-5-8(9)11)2-3-10(6)13(14)15/h2-4,8-9,12H,5,11H2,1H3. The quantitative estimate of drug-likeness (QED) is 0.580. The number of aryl methyl sites for hydroxylation is 1. The van der Waals surface area contributed by atoms with Crippen LogP contribution in [0.25, 0.3) is 0 Å². The number of nitrogens with one attached hydrogen (secondary N) is 1. The lowest BCUT2D eigenvalue weighted by Crippen LogP contribution is -2.13. The molecule has 0 heterocycles. The minimum absolute atomic E-state index is 0.153. The molecule has 0 aliphatic heterocycles. The van der Waals surface area contributed by atoms with Crippen LogP contribution in [0.4, 0.5) is 11.4 Å². The van der Waals surface area contributed by atoms with Crippen molar-refractivity contribution in [3.63, 3.8) is 0 Å². The lowest BCUT2D eigenvalue weighted by Gasteiger charge is -2.05. The summed E-state index contributed by atoms with van der Waals surface area (Å²) in [5.41, 5.74) is 7.38. The van der Waals surface area contributed by atoms with E-state index in [0.717, 1.165) is 12.1 Å². The Morgan fingerprint density at radius 3 is 2.73 bits per heavy atom. The van der Waals surface area contributed by atoms with Gasteiger partial charge in [-0.2, -0.15) is 0 Å². The van der Waals surface area contributed by atoms with E-state index in [9.17, 15) is 10.1 Å². The Morgan fingerprint density at radius 2 is 2.27 bits per heavy atom. The summed E-state index contributed by atoms with van der Waals surface area (Å²) < 4.78 is 0. The van der Waals surface area contributed by atoms with Gasteiger partial charge in [0.15, 0.2) is 0 Å². The van der Waals surface area contributed by atoms with E-state index in [0.29, 0.717) is 11.6 Å². The third-order valence-corrected chi connectivity index (χ3v) is 2.59. The predicted octanol–water partition coefficient (Wildman–Crippen LogP) is 1.41. The molecule has 0 amide bonds. The molecule has 2 atom stereocenters. The van der Waals surface area contributed by atoms with Gasteiger partial charge in [-0.05, 0) is 25.5 Å². The van der Waals surface area contributed by atoms with Crippen LogP contribution < -0.4 is 11.1 Å². The van der Waals surface area contributed by atoms with Crippen LogP contribution in [0.2, 0.25) is 0 Å². The number of nitro benzene ring substituents is 1. The third-order valence-electron chi connectivity index (χ3n) is 2.59. The highest BCUT2D eigenvalue weighted by molar-refractivity contribution is 5.54. The summed E-state index contributed by atoms with van der Waals surface area (Å²) in [5.74, 6) is 0. The fourth-order valence-corrected chi connectivity index (χ4v) is 1.54. The molecule has 1 aliphatic rings. The predicted molar refractivity (Wildman–Crippen MR) is 57.8 cm³/mol. The van der Waals surface area contributed by atoms with Crippen molar-refractivity contribution in [2.45, 2.75) is 25.4 Å². The largest absolute Gasteiger partial charge is 0.381 e. The first-order valence-electron chi connectivity index (χ1n) is 4.85. The molecule has 0 bridgehead atoms. The first kappa shape index (κ1) is 9.92. The molecule has 3 N–H and O–H groups in total. The number of rotatable bonds is 3. The Bertz CT molecular complexity index is 406. The number of nitrogens with zero attached hydrogens (tertiary/aromatic N) is 1. The van der Waals surface area contributed by atoms with Gasteiger partial charge in [0, 0.05) is 29.4 Å². The van der Waals surface area contributed by atoms with Crippen molar-refractivity contribution in [2.24, 2.45) is 5.73 Å². The highest BCUT2D eigenvalue weighted by Crippen LogP contribution is 2.27. The van der Waals surface area contributed by atoms with Crippen molar-refractivity contribution < 1.29 is 4.92 Å². The maximum absolute atomic E-state index is 10.6. The van der Waals surface area contributed by atoms with Gasteiger partial charge in [0.1, 0.15) is 0 Å². The summed E-state index contributed by atoms with van der Waals surface area (Å²) in [5, 5.41) is 13.8. The first-order chi connectivity index (χ1) is 7.08. The zero-order valence-corrected chi connectivity index (χ0v) is 8.43. The van der Waals surface area contributed by atoms with Gasteiger partial charge >= 0.3 is 0 Å². The molecule has 1 fully saturated rings. The van der Waals surface area contributed by atoms with Crippen LogP contribution in [0.3, 0.4) is 0 Å².